The average Bonchev–Trinajstić information content (AvgIpc) is 2.46. The molecule has 0 aliphatic rings. The molecule has 0 radical (unpaired) electrons. The first-order chi connectivity index (χ1) is 10.00. The summed E-state index contributed by atoms with van der Waals surface area (Å²) >= 11 is 0. The molecule has 0 aliphatic carbocycles. The highest BCUT2D eigenvalue weighted by molar-refractivity contribution is 5.97. The molecule has 21 heavy (non-hydrogen) atoms. The maximum Gasteiger partial charge on any atom is 0.245 e. The molecule has 1 N–H and O–H groups in total. The number of anilines is 1. The molecule has 0 heterocycles. The van der Waals surface area contributed by atoms with E-state index in [2.05, 4.69) is 11.4 Å². The molecule has 0 aromatic heterocycles. The van der Waals surface area contributed by atoms with Crippen LogP contribution in [0.4, 0.5) is 5.69 Å². The van der Waals surface area contributed by atoms with Crippen LogP contribution in [0.15, 0.2) is 24.3 Å². The monoisotopic (exact) mass is 288 g/mol. The molecule has 1 amide bonds. The molecule has 1 aromatic carbocycles. The summed E-state index contributed by atoms with van der Waals surface area (Å²) in [6, 6.07) is 9.42. The Labute approximate surface area is 127 Å². The van der Waals surface area contributed by atoms with Crippen molar-refractivity contribution in [1.29, 1.82) is 5.26 Å². The number of rotatable bonds is 7. The van der Waals surface area contributed by atoms with Crippen molar-refractivity contribution < 1.29 is 9.53 Å². The largest absolute Gasteiger partial charge is 0.494 e. The van der Waals surface area contributed by atoms with Crippen molar-refractivity contribution in [3.05, 3.63) is 24.3 Å². The summed E-state index contributed by atoms with van der Waals surface area (Å²) in [5.41, 5.74) is -0.298. The Morgan fingerprint density at radius 1 is 1.33 bits per heavy atom. The van der Waals surface area contributed by atoms with Gasteiger partial charge in [0.1, 0.15) is 11.2 Å². The summed E-state index contributed by atoms with van der Waals surface area (Å²) in [5, 5.41) is 12.4. The average molecular weight is 288 g/mol. The zero-order chi connectivity index (χ0) is 15.9. The highest BCUT2D eigenvalue weighted by Crippen LogP contribution is 2.34. The summed E-state index contributed by atoms with van der Waals surface area (Å²) in [7, 11) is 0. The molecule has 1 atom stereocenters. The van der Waals surface area contributed by atoms with Crippen LogP contribution >= 0.6 is 0 Å². The normalized spacial score (nSPS) is 13.3. The Morgan fingerprint density at radius 3 is 2.38 bits per heavy atom. The first-order valence-corrected chi connectivity index (χ1v) is 7.45. The highest BCUT2D eigenvalue weighted by Gasteiger charge is 2.41. The molecular formula is C17H24N2O2. The molecule has 4 heteroatoms. The van der Waals surface area contributed by atoms with Gasteiger partial charge in [0.15, 0.2) is 0 Å². The Balaban J connectivity index is 2.89. The zero-order valence-electron chi connectivity index (χ0n) is 13.3. The van der Waals surface area contributed by atoms with E-state index >= 15 is 0 Å². The number of nitrogens with one attached hydrogen (secondary N) is 1. The fraction of sp³-hybridized carbons (Fsp3) is 0.529. The van der Waals surface area contributed by atoms with Crippen LogP contribution in [0, 0.1) is 22.7 Å². The van der Waals surface area contributed by atoms with Crippen LogP contribution in [-0.4, -0.2) is 12.5 Å². The Kier molecular flexibility index (Phi) is 6.23. The lowest BCUT2D eigenvalue weighted by atomic mass is 9.74. The van der Waals surface area contributed by atoms with E-state index in [1.54, 1.807) is 12.1 Å². The van der Waals surface area contributed by atoms with Crippen molar-refractivity contribution in [2.45, 2.75) is 40.5 Å². The summed E-state index contributed by atoms with van der Waals surface area (Å²) in [5.74, 6) is 0.496. The summed E-state index contributed by atoms with van der Waals surface area (Å²) in [6.07, 6.45) is 1.35. The summed E-state index contributed by atoms with van der Waals surface area (Å²) in [6.45, 7) is 8.34. The molecule has 0 bridgehead atoms. The molecular weight excluding hydrogens is 264 g/mol. The number of carbonyl (C=O) groups is 1. The van der Waals surface area contributed by atoms with Gasteiger partial charge in [-0.15, -0.1) is 0 Å². The number of benzene rings is 1. The minimum atomic E-state index is -0.979. The van der Waals surface area contributed by atoms with Crippen LogP contribution in [0.2, 0.25) is 0 Å². The third-order valence-electron chi connectivity index (χ3n) is 3.66. The number of hydrogen-bond donors (Lipinski definition) is 1. The third kappa shape index (κ3) is 3.98. The fourth-order valence-corrected chi connectivity index (χ4v) is 2.34. The molecule has 0 saturated carbocycles. The first kappa shape index (κ1) is 17.0. The molecule has 1 rings (SSSR count). The third-order valence-corrected chi connectivity index (χ3v) is 3.66. The van der Waals surface area contributed by atoms with Crippen molar-refractivity contribution >= 4 is 11.6 Å². The predicted molar refractivity (Wildman–Crippen MR) is 84.0 cm³/mol. The van der Waals surface area contributed by atoms with Gasteiger partial charge in [-0.1, -0.05) is 27.2 Å². The number of nitriles is 1. The van der Waals surface area contributed by atoms with Gasteiger partial charge < -0.3 is 10.1 Å². The second-order valence-electron chi connectivity index (χ2n) is 5.40. The van der Waals surface area contributed by atoms with Crippen LogP contribution in [0.3, 0.4) is 0 Å². The second-order valence-corrected chi connectivity index (χ2v) is 5.40. The number of hydrogen-bond acceptors (Lipinski definition) is 3. The van der Waals surface area contributed by atoms with E-state index in [1.807, 2.05) is 39.8 Å². The van der Waals surface area contributed by atoms with Gasteiger partial charge in [0.25, 0.3) is 0 Å². The molecule has 4 nitrogen and oxygen atoms in total. The maximum absolute atomic E-state index is 12.5. The molecule has 0 spiro atoms. The van der Waals surface area contributed by atoms with Crippen LogP contribution in [0.25, 0.3) is 0 Å². The van der Waals surface area contributed by atoms with Crippen LogP contribution < -0.4 is 10.1 Å². The van der Waals surface area contributed by atoms with Crippen LogP contribution in [0.1, 0.15) is 40.5 Å². The van der Waals surface area contributed by atoms with Crippen molar-refractivity contribution in [2.24, 2.45) is 11.3 Å². The van der Waals surface area contributed by atoms with Gasteiger partial charge >= 0.3 is 0 Å². The highest BCUT2D eigenvalue weighted by atomic mass is 16.5. The lowest BCUT2D eigenvalue weighted by Gasteiger charge is -2.29. The van der Waals surface area contributed by atoms with E-state index in [9.17, 15) is 10.1 Å². The van der Waals surface area contributed by atoms with E-state index in [4.69, 9.17) is 4.74 Å². The molecule has 114 valence electrons. The predicted octanol–water partition coefficient (Wildman–Crippen LogP) is 3.99. The Bertz CT molecular complexity index is 503. The smallest absolute Gasteiger partial charge is 0.245 e. The SMILES string of the molecule is CCCC(C#N)(C(=O)Nc1ccc(OCC)cc1)C(C)C. The minimum Gasteiger partial charge on any atom is -0.494 e. The number of carbonyl (C=O) groups excluding carboxylic acids is 1. The Morgan fingerprint density at radius 2 is 1.95 bits per heavy atom. The van der Waals surface area contributed by atoms with E-state index in [0.29, 0.717) is 18.7 Å². The van der Waals surface area contributed by atoms with Gasteiger partial charge in [-0.3, -0.25) is 4.79 Å². The molecule has 0 fully saturated rings. The van der Waals surface area contributed by atoms with E-state index in [-0.39, 0.29) is 11.8 Å². The van der Waals surface area contributed by atoms with Crippen molar-refractivity contribution in [2.75, 3.05) is 11.9 Å². The second kappa shape index (κ2) is 7.68. The number of nitrogens with zero attached hydrogens (tertiary/aromatic N) is 1. The Hall–Kier alpha value is -2.02. The van der Waals surface area contributed by atoms with Crippen molar-refractivity contribution in [1.82, 2.24) is 0 Å². The van der Waals surface area contributed by atoms with Crippen LogP contribution in [-0.2, 0) is 4.79 Å². The molecule has 1 aromatic rings. The topological polar surface area (TPSA) is 62.1 Å². The van der Waals surface area contributed by atoms with Gasteiger partial charge in [-0.2, -0.15) is 5.26 Å². The van der Waals surface area contributed by atoms with Crippen molar-refractivity contribution in [3.63, 3.8) is 0 Å². The summed E-state index contributed by atoms with van der Waals surface area (Å²) in [4.78, 5) is 12.5. The fourth-order valence-electron chi connectivity index (χ4n) is 2.34. The minimum absolute atomic E-state index is 0.0369. The van der Waals surface area contributed by atoms with Gasteiger partial charge in [0.05, 0.1) is 12.7 Å². The van der Waals surface area contributed by atoms with E-state index < -0.39 is 5.41 Å². The van der Waals surface area contributed by atoms with Gasteiger partial charge in [0.2, 0.25) is 5.91 Å². The van der Waals surface area contributed by atoms with Crippen molar-refractivity contribution in [3.8, 4) is 11.8 Å². The quantitative estimate of drug-likeness (QED) is 0.825. The van der Waals surface area contributed by atoms with Gasteiger partial charge in [-0.25, -0.2) is 0 Å². The standard InChI is InChI=1S/C17H24N2O2/c1-5-11-17(12-18,13(3)4)16(20)19-14-7-9-15(10-8-14)21-6-2/h7-10,13H,5-6,11H2,1-4H3,(H,19,20). The van der Waals surface area contributed by atoms with Crippen LogP contribution in [0.5, 0.6) is 5.75 Å². The van der Waals surface area contributed by atoms with Gasteiger partial charge in [-0.05, 0) is 43.5 Å². The lowest BCUT2D eigenvalue weighted by Crippen LogP contribution is -2.39. The van der Waals surface area contributed by atoms with E-state index in [1.165, 1.54) is 0 Å². The molecule has 0 aliphatic heterocycles. The van der Waals surface area contributed by atoms with Gasteiger partial charge in [0, 0.05) is 5.69 Å². The number of amides is 1. The first-order valence-electron chi connectivity index (χ1n) is 7.45. The van der Waals surface area contributed by atoms with E-state index in [0.717, 1.165) is 12.2 Å². The lowest BCUT2D eigenvalue weighted by molar-refractivity contribution is -0.125. The molecule has 0 saturated heterocycles. The zero-order valence-corrected chi connectivity index (χ0v) is 13.3. The maximum atomic E-state index is 12.5. The number of ether oxygens (including phenoxy) is 1. The molecule has 1 unspecified atom stereocenters. The summed E-state index contributed by atoms with van der Waals surface area (Å²) < 4.78 is 5.37.